The van der Waals surface area contributed by atoms with E-state index in [-0.39, 0.29) is 10.4 Å². The topological polar surface area (TPSA) is 62.8 Å². The van der Waals surface area contributed by atoms with E-state index < -0.39 is 9.05 Å². The molecule has 15 heavy (non-hydrogen) atoms. The normalized spacial score (nSPS) is 12.2. The molecule has 1 aromatic carbocycles. The lowest BCUT2D eigenvalue weighted by Gasteiger charge is -1.99. The van der Waals surface area contributed by atoms with Gasteiger partial charge in [-0.15, -0.1) is 0 Å². The van der Waals surface area contributed by atoms with Gasteiger partial charge in [0.25, 0.3) is 9.05 Å². The van der Waals surface area contributed by atoms with E-state index in [1.54, 1.807) is 13.0 Å². The van der Waals surface area contributed by atoms with Crippen LogP contribution in [0.3, 0.4) is 0 Å². The van der Waals surface area contributed by atoms with Gasteiger partial charge in [-0.2, -0.15) is 5.10 Å². The molecule has 0 saturated heterocycles. The smallest absolute Gasteiger partial charge is 0.263 e. The largest absolute Gasteiger partial charge is 0.266 e. The van der Waals surface area contributed by atoms with Crippen molar-refractivity contribution in [1.29, 1.82) is 0 Å². The average Bonchev–Trinajstić information content (AvgIpc) is 2.45. The summed E-state index contributed by atoms with van der Waals surface area (Å²) in [6.07, 6.45) is 0. The van der Waals surface area contributed by atoms with Crippen molar-refractivity contribution in [3.8, 4) is 0 Å². The van der Waals surface area contributed by atoms with E-state index in [1.807, 2.05) is 0 Å². The van der Waals surface area contributed by atoms with Gasteiger partial charge >= 0.3 is 0 Å². The summed E-state index contributed by atoms with van der Waals surface area (Å²) in [6.45, 7) is 1.76. The molecule has 7 heteroatoms. The van der Waals surface area contributed by atoms with E-state index in [4.69, 9.17) is 22.3 Å². The first-order chi connectivity index (χ1) is 6.89. The highest BCUT2D eigenvalue weighted by molar-refractivity contribution is 8.14. The molecule has 0 spiro atoms. The van der Waals surface area contributed by atoms with Crippen LogP contribution in [-0.4, -0.2) is 18.6 Å². The average molecular weight is 265 g/mol. The van der Waals surface area contributed by atoms with Gasteiger partial charge in [-0.3, -0.25) is 5.10 Å². The van der Waals surface area contributed by atoms with Crippen LogP contribution in [0.15, 0.2) is 17.0 Å². The van der Waals surface area contributed by atoms with Crippen LogP contribution in [0.2, 0.25) is 5.15 Å². The fraction of sp³-hybridized carbons (Fsp3) is 0.125. The Morgan fingerprint density at radius 2 is 2.07 bits per heavy atom. The first kappa shape index (κ1) is 10.7. The number of benzene rings is 1. The van der Waals surface area contributed by atoms with Crippen LogP contribution in [0.5, 0.6) is 0 Å². The first-order valence-electron chi connectivity index (χ1n) is 3.98. The summed E-state index contributed by atoms with van der Waals surface area (Å²) in [5.41, 5.74) is 1.02. The van der Waals surface area contributed by atoms with Crippen molar-refractivity contribution in [2.24, 2.45) is 0 Å². The second-order valence-electron chi connectivity index (χ2n) is 3.13. The van der Waals surface area contributed by atoms with Crippen molar-refractivity contribution in [3.63, 3.8) is 0 Å². The number of halogens is 2. The lowest BCUT2D eigenvalue weighted by molar-refractivity contribution is 0.610. The molecule has 2 rings (SSSR count). The standard InChI is InChI=1S/C8H6Cl2N2O2S/c1-4-2-5-7(11-12-8(5)9)6(3-4)15(10,13)14/h2-3H,1H3,(H,11,12). The number of nitrogens with zero attached hydrogens (tertiary/aromatic N) is 1. The van der Waals surface area contributed by atoms with Gasteiger partial charge in [0.05, 0.1) is 0 Å². The fourth-order valence-corrected chi connectivity index (χ4v) is 2.63. The van der Waals surface area contributed by atoms with E-state index in [2.05, 4.69) is 10.2 Å². The molecule has 0 aliphatic carbocycles. The highest BCUT2D eigenvalue weighted by atomic mass is 35.7. The number of H-pyrrole nitrogens is 1. The monoisotopic (exact) mass is 264 g/mol. The van der Waals surface area contributed by atoms with Crippen LogP contribution in [0, 0.1) is 6.92 Å². The molecule has 0 bridgehead atoms. The minimum atomic E-state index is -3.81. The van der Waals surface area contributed by atoms with Crippen molar-refractivity contribution in [2.45, 2.75) is 11.8 Å². The number of fused-ring (bicyclic) bond motifs is 1. The molecular weight excluding hydrogens is 259 g/mol. The zero-order valence-corrected chi connectivity index (χ0v) is 9.91. The zero-order valence-electron chi connectivity index (χ0n) is 7.58. The second kappa shape index (κ2) is 3.37. The number of hydrogen-bond acceptors (Lipinski definition) is 3. The summed E-state index contributed by atoms with van der Waals surface area (Å²) in [4.78, 5) is -0.0256. The number of rotatable bonds is 1. The Balaban J connectivity index is 2.97. The summed E-state index contributed by atoms with van der Waals surface area (Å²) >= 11 is 5.81. The molecule has 1 N–H and O–H groups in total. The number of aromatic nitrogens is 2. The lowest BCUT2D eigenvalue weighted by Crippen LogP contribution is -1.93. The Labute approximate surface area is 95.6 Å². The molecule has 0 unspecified atom stereocenters. The van der Waals surface area contributed by atoms with Gasteiger partial charge in [0.1, 0.15) is 15.6 Å². The maximum atomic E-state index is 11.3. The summed E-state index contributed by atoms with van der Waals surface area (Å²) in [5.74, 6) is 0. The quantitative estimate of drug-likeness (QED) is 0.805. The summed E-state index contributed by atoms with van der Waals surface area (Å²) in [6, 6.07) is 3.20. The van der Waals surface area contributed by atoms with Crippen molar-refractivity contribution in [1.82, 2.24) is 10.2 Å². The van der Waals surface area contributed by atoms with Crippen LogP contribution in [0.1, 0.15) is 5.56 Å². The Hall–Kier alpha value is -0.780. The Morgan fingerprint density at radius 1 is 1.40 bits per heavy atom. The van der Waals surface area contributed by atoms with Gasteiger partial charge in [0, 0.05) is 16.1 Å². The van der Waals surface area contributed by atoms with E-state index in [0.29, 0.717) is 10.5 Å². The molecule has 0 fully saturated rings. The zero-order chi connectivity index (χ0) is 11.2. The van der Waals surface area contributed by atoms with Crippen molar-refractivity contribution in [3.05, 3.63) is 22.8 Å². The molecule has 0 aliphatic rings. The fourth-order valence-electron chi connectivity index (χ4n) is 1.38. The third-order valence-corrected chi connectivity index (χ3v) is 3.61. The minimum absolute atomic E-state index is 0.0256. The predicted octanol–water partition coefficient (Wildman–Crippen LogP) is 2.45. The summed E-state index contributed by atoms with van der Waals surface area (Å²) in [7, 11) is 1.49. The van der Waals surface area contributed by atoms with Crippen LogP contribution in [0.4, 0.5) is 0 Å². The lowest BCUT2D eigenvalue weighted by atomic mass is 10.2. The van der Waals surface area contributed by atoms with E-state index in [1.165, 1.54) is 6.07 Å². The maximum Gasteiger partial charge on any atom is 0.263 e. The van der Waals surface area contributed by atoms with Gasteiger partial charge in [-0.25, -0.2) is 8.42 Å². The van der Waals surface area contributed by atoms with Crippen LogP contribution >= 0.6 is 22.3 Å². The maximum absolute atomic E-state index is 11.3. The molecule has 2 aromatic rings. The molecule has 0 saturated carbocycles. The molecule has 80 valence electrons. The van der Waals surface area contributed by atoms with Gasteiger partial charge in [0.15, 0.2) is 0 Å². The Kier molecular flexibility index (Phi) is 2.41. The Bertz CT molecular complexity index is 633. The van der Waals surface area contributed by atoms with Gasteiger partial charge in [-0.05, 0) is 24.6 Å². The Morgan fingerprint density at radius 3 is 2.67 bits per heavy atom. The molecule has 0 amide bonds. The van der Waals surface area contributed by atoms with Crippen LogP contribution < -0.4 is 0 Å². The third-order valence-electron chi connectivity index (χ3n) is 1.98. The summed E-state index contributed by atoms with van der Waals surface area (Å²) < 4.78 is 22.6. The van der Waals surface area contributed by atoms with Crippen LogP contribution in [-0.2, 0) is 9.05 Å². The predicted molar refractivity (Wildman–Crippen MR) is 58.9 cm³/mol. The molecule has 0 radical (unpaired) electrons. The minimum Gasteiger partial charge on any atom is -0.266 e. The van der Waals surface area contributed by atoms with Gasteiger partial charge in [-0.1, -0.05) is 11.6 Å². The van der Waals surface area contributed by atoms with Crippen LogP contribution in [0.25, 0.3) is 10.9 Å². The molecule has 0 atom stereocenters. The van der Waals surface area contributed by atoms with Crippen molar-refractivity contribution >= 4 is 42.2 Å². The molecule has 1 aromatic heterocycles. The van der Waals surface area contributed by atoms with Gasteiger partial charge in [0.2, 0.25) is 0 Å². The summed E-state index contributed by atoms with van der Waals surface area (Å²) in [5, 5.41) is 7.17. The molecule has 0 aliphatic heterocycles. The highest BCUT2D eigenvalue weighted by Gasteiger charge is 2.18. The van der Waals surface area contributed by atoms with E-state index in [9.17, 15) is 8.42 Å². The van der Waals surface area contributed by atoms with Gasteiger partial charge < -0.3 is 0 Å². The third kappa shape index (κ3) is 1.82. The number of aromatic amines is 1. The number of nitrogens with one attached hydrogen (secondary N) is 1. The van der Waals surface area contributed by atoms with Crippen molar-refractivity contribution in [2.75, 3.05) is 0 Å². The van der Waals surface area contributed by atoms with Crippen molar-refractivity contribution < 1.29 is 8.42 Å². The molecule has 1 heterocycles. The highest BCUT2D eigenvalue weighted by Crippen LogP contribution is 2.29. The van der Waals surface area contributed by atoms with E-state index in [0.717, 1.165) is 5.56 Å². The molecular formula is C8H6Cl2N2O2S. The number of hydrogen-bond donors (Lipinski definition) is 1. The SMILES string of the molecule is Cc1cc(S(=O)(=O)Cl)c2n[nH]c(Cl)c2c1. The number of aryl methyl sites for hydroxylation is 1. The molecule has 4 nitrogen and oxygen atoms in total. The first-order valence-corrected chi connectivity index (χ1v) is 6.67. The second-order valence-corrected chi connectivity index (χ2v) is 6.05. The van der Waals surface area contributed by atoms with E-state index >= 15 is 0 Å².